The van der Waals surface area contributed by atoms with Gasteiger partial charge in [0.05, 0.1) is 12.8 Å². The van der Waals surface area contributed by atoms with Gasteiger partial charge in [-0.2, -0.15) is 0 Å². The number of halogens is 5. The number of anilines is 1. The molecule has 158 valence electrons. The first-order valence-corrected chi connectivity index (χ1v) is 10.0. The molecule has 0 aliphatic carbocycles. The van der Waals surface area contributed by atoms with Crippen LogP contribution >= 0.6 is 0 Å². The summed E-state index contributed by atoms with van der Waals surface area (Å²) in [6.07, 6.45) is 0.553. The van der Waals surface area contributed by atoms with E-state index in [2.05, 4.69) is 0 Å². The molecule has 0 aromatic heterocycles. The minimum Gasteiger partial charge on any atom is -0.495 e. The average molecular weight is 436 g/mol. The van der Waals surface area contributed by atoms with Gasteiger partial charge in [-0.25, -0.2) is 35.1 Å². The Morgan fingerprint density at radius 2 is 1.62 bits per heavy atom. The Labute approximate surface area is 164 Å². The Morgan fingerprint density at radius 1 is 1.03 bits per heavy atom. The summed E-state index contributed by atoms with van der Waals surface area (Å²) in [5.41, 5.74) is 0.806. The SMILES string of the molecule is COc1ccccc1N1CC[C@@H](CNS(=O)(=O)c2c(F)c(F)c(F)c(F)c2F)C1. The molecule has 1 atom stereocenters. The highest BCUT2D eigenvalue weighted by Gasteiger charge is 2.34. The zero-order valence-electron chi connectivity index (χ0n) is 15.2. The Hall–Kier alpha value is -2.40. The van der Waals surface area contributed by atoms with Crippen LogP contribution in [0.4, 0.5) is 27.6 Å². The number of sulfonamides is 1. The van der Waals surface area contributed by atoms with Crippen LogP contribution < -0.4 is 14.4 Å². The molecule has 11 heteroatoms. The lowest BCUT2D eigenvalue weighted by Crippen LogP contribution is -2.32. The molecule has 0 bridgehead atoms. The van der Waals surface area contributed by atoms with Gasteiger partial charge < -0.3 is 9.64 Å². The topological polar surface area (TPSA) is 58.6 Å². The molecule has 1 aliphatic rings. The lowest BCUT2D eigenvalue weighted by molar-refractivity contribution is 0.357. The highest BCUT2D eigenvalue weighted by Crippen LogP contribution is 2.32. The molecule has 29 heavy (non-hydrogen) atoms. The van der Waals surface area contributed by atoms with Crippen LogP contribution in [0.1, 0.15) is 6.42 Å². The van der Waals surface area contributed by atoms with Gasteiger partial charge in [-0.05, 0) is 24.5 Å². The van der Waals surface area contributed by atoms with Crippen molar-refractivity contribution >= 4 is 15.7 Å². The lowest BCUT2D eigenvalue weighted by Gasteiger charge is -2.21. The van der Waals surface area contributed by atoms with Crippen molar-refractivity contribution in [3.8, 4) is 5.75 Å². The number of nitrogens with one attached hydrogen (secondary N) is 1. The summed E-state index contributed by atoms with van der Waals surface area (Å²) in [6, 6.07) is 7.22. The molecule has 0 amide bonds. The molecule has 0 spiro atoms. The second-order valence-electron chi connectivity index (χ2n) is 6.52. The van der Waals surface area contributed by atoms with Gasteiger partial charge in [0.25, 0.3) is 0 Å². The van der Waals surface area contributed by atoms with Gasteiger partial charge in [-0.15, -0.1) is 0 Å². The molecule has 1 aliphatic heterocycles. The maximum atomic E-state index is 13.8. The van der Waals surface area contributed by atoms with Gasteiger partial charge in [0, 0.05) is 19.6 Å². The van der Waals surface area contributed by atoms with E-state index in [0.717, 1.165) is 5.69 Å². The van der Waals surface area contributed by atoms with Crippen molar-refractivity contribution in [1.82, 2.24) is 4.72 Å². The molecule has 0 unspecified atom stereocenters. The highest BCUT2D eigenvalue weighted by atomic mass is 32.2. The third-order valence-electron chi connectivity index (χ3n) is 4.71. The standard InChI is InChI=1S/C18H17F5N2O3S/c1-28-12-5-3-2-4-11(12)25-7-6-10(9-25)8-24-29(26,27)18-16(22)14(20)13(19)15(21)17(18)23/h2-5,10,24H,6-9H2,1H3/t10-/m0/s1. The normalized spacial score (nSPS) is 17.0. The summed E-state index contributed by atoms with van der Waals surface area (Å²) in [4.78, 5) is 0.0735. The van der Waals surface area contributed by atoms with Gasteiger partial charge >= 0.3 is 0 Å². The largest absolute Gasteiger partial charge is 0.495 e. The highest BCUT2D eigenvalue weighted by molar-refractivity contribution is 7.89. The van der Waals surface area contributed by atoms with Crippen LogP contribution in [0.25, 0.3) is 0 Å². The van der Waals surface area contributed by atoms with E-state index in [9.17, 15) is 30.4 Å². The Kier molecular flexibility index (Phi) is 5.99. The third-order valence-corrected chi connectivity index (χ3v) is 6.15. The first-order chi connectivity index (χ1) is 13.7. The van der Waals surface area contributed by atoms with Gasteiger partial charge in [0.1, 0.15) is 5.75 Å². The number of benzene rings is 2. The Morgan fingerprint density at radius 3 is 2.24 bits per heavy atom. The molecule has 5 nitrogen and oxygen atoms in total. The first-order valence-electron chi connectivity index (χ1n) is 8.56. The molecular formula is C18H17F5N2O3S. The van der Waals surface area contributed by atoms with E-state index >= 15 is 0 Å². The number of hydrogen-bond acceptors (Lipinski definition) is 4. The monoisotopic (exact) mass is 436 g/mol. The fourth-order valence-corrected chi connectivity index (χ4v) is 4.48. The van der Waals surface area contributed by atoms with Gasteiger partial charge in [0.15, 0.2) is 28.2 Å². The fourth-order valence-electron chi connectivity index (χ4n) is 3.23. The average Bonchev–Trinajstić information content (AvgIpc) is 3.18. The molecular weight excluding hydrogens is 419 g/mol. The van der Waals surface area contributed by atoms with Crippen LogP contribution in [0.5, 0.6) is 5.75 Å². The molecule has 1 heterocycles. The number of rotatable bonds is 6. The summed E-state index contributed by atoms with van der Waals surface area (Å²) in [5, 5.41) is 0. The minimum absolute atomic E-state index is 0.229. The van der Waals surface area contributed by atoms with Gasteiger partial charge in [0.2, 0.25) is 15.8 Å². The van der Waals surface area contributed by atoms with Crippen molar-refractivity contribution in [2.75, 3.05) is 31.6 Å². The number of methoxy groups -OCH3 is 1. The quantitative estimate of drug-likeness (QED) is 0.429. The predicted molar refractivity (Wildman–Crippen MR) is 94.7 cm³/mol. The second-order valence-corrected chi connectivity index (χ2v) is 8.23. The molecule has 0 saturated carbocycles. The van der Waals surface area contributed by atoms with Crippen molar-refractivity contribution in [3.05, 3.63) is 53.4 Å². The van der Waals surface area contributed by atoms with Gasteiger partial charge in [-0.1, -0.05) is 12.1 Å². The number of hydrogen-bond donors (Lipinski definition) is 1. The first kappa shape index (κ1) is 21.3. The molecule has 3 rings (SSSR count). The molecule has 1 N–H and O–H groups in total. The van der Waals surface area contributed by atoms with E-state index in [0.29, 0.717) is 25.3 Å². The van der Waals surface area contributed by atoms with Crippen molar-refractivity contribution < 1.29 is 35.1 Å². The molecule has 2 aromatic carbocycles. The zero-order valence-corrected chi connectivity index (χ0v) is 16.0. The van der Waals surface area contributed by atoms with E-state index < -0.39 is 44.0 Å². The summed E-state index contributed by atoms with van der Waals surface area (Å²) in [5.74, 6) is -11.4. The van der Waals surface area contributed by atoms with E-state index in [-0.39, 0.29) is 12.5 Å². The Bertz CT molecular complexity index is 1000. The van der Waals surface area contributed by atoms with E-state index in [4.69, 9.17) is 4.74 Å². The number of para-hydroxylation sites is 2. The molecule has 1 saturated heterocycles. The summed E-state index contributed by atoms with van der Waals surface area (Å²) >= 11 is 0. The lowest BCUT2D eigenvalue weighted by atomic mass is 10.1. The fraction of sp³-hybridized carbons (Fsp3) is 0.333. The van der Waals surface area contributed by atoms with Crippen LogP contribution in [0.3, 0.4) is 0 Å². The van der Waals surface area contributed by atoms with Crippen LogP contribution in [-0.4, -0.2) is 35.2 Å². The number of nitrogens with zero attached hydrogens (tertiary/aromatic N) is 1. The minimum atomic E-state index is -4.96. The molecule has 0 radical (unpaired) electrons. The molecule has 1 fully saturated rings. The summed E-state index contributed by atoms with van der Waals surface area (Å²) in [7, 11) is -3.44. The van der Waals surface area contributed by atoms with Crippen LogP contribution in [0, 0.1) is 35.0 Å². The maximum absolute atomic E-state index is 13.8. The van der Waals surface area contributed by atoms with Crippen molar-refractivity contribution in [2.24, 2.45) is 5.92 Å². The third kappa shape index (κ3) is 4.01. The summed E-state index contributed by atoms with van der Waals surface area (Å²) in [6.45, 7) is 0.767. The van der Waals surface area contributed by atoms with E-state index in [1.165, 1.54) is 7.11 Å². The van der Waals surface area contributed by atoms with Crippen molar-refractivity contribution in [2.45, 2.75) is 11.3 Å². The van der Waals surface area contributed by atoms with Crippen molar-refractivity contribution in [3.63, 3.8) is 0 Å². The smallest absolute Gasteiger partial charge is 0.246 e. The summed E-state index contributed by atoms with van der Waals surface area (Å²) < 4.78 is 99.0. The number of ether oxygens (including phenoxy) is 1. The zero-order chi connectivity index (χ0) is 21.3. The molecule has 2 aromatic rings. The van der Waals surface area contributed by atoms with E-state index in [1.807, 2.05) is 21.8 Å². The second kappa shape index (κ2) is 8.15. The van der Waals surface area contributed by atoms with Crippen molar-refractivity contribution in [1.29, 1.82) is 0 Å². The van der Waals surface area contributed by atoms with Crippen LogP contribution in [0.2, 0.25) is 0 Å². The maximum Gasteiger partial charge on any atom is 0.246 e. The van der Waals surface area contributed by atoms with Gasteiger partial charge in [-0.3, -0.25) is 0 Å². The van der Waals surface area contributed by atoms with E-state index in [1.54, 1.807) is 12.1 Å². The van der Waals surface area contributed by atoms with Crippen LogP contribution in [-0.2, 0) is 10.0 Å². The predicted octanol–water partition coefficient (Wildman–Crippen LogP) is 3.20. The van der Waals surface area contributed by atoms with Crippen LogP contribution in [0.15, 0.2) is 29.2 Å². The Balaban J connectivity index is 1.74.